The van der Waals surface area contributed by atoms with Gasteiger partial charge in [-0.25, -0.2) is 4.79 Å². The standard InChI is InChI=1S/C12H14F3NO6S/c13-12(14,15)11(22)16-7(10(20)21)4-23-3-6-5(9(18)19)1-2-8(6)17/h5-7H,1-4H2,(H,16,22)(H,18,19)(H,20,21)/t5-,6+,7+/m1/s1. The van der Waals surface area contributed by atoms with Crippen LogP contribution in [0, 0.1) is 11.8 Å². The Morgan fingerprint density at radius 3 is 2.39 bits per heavy atom. The fourth-order valence-corrected chi connectivity index (χ4v) is 3.41. The number of ketones is 1. The molecule has 7 nitrogen and oxygen atoms in total. The van der Waals surface area contributed by atoms with Gasteiger partial charge in [0.2, 0.25) is 0 Å². The van der Waals surface area contributed by atoms with Gasteiger partial charge in [-0.15, -0.1) is 0 Å². The van der Waals surface area contributed by atoms with Crippen molar-refractivity contribution in [3.63, 3.8) is 0 Å². The fraction of sp³-hybridized carbons (Fsp3) is 0.667. The van der Waals surface area contributed by atoms with Crippen molar-refractivity contribution in [3.8, 4) is 0 Å². The topological polar surface area (TPSA) is 121 Å². The second kappa shape index (κ2) is 7.66. The van der Waals surface area contributed by atoms with Gasteiger partial charge in [-0.05, 0) is 6.42 Å². The van der Waals surface area contributed by atoms with E-state index >= 15 is 0 Å². The number of amides is 1. The maximum absolute atomic E-state index is 12.1. The van der Waals surface area contributed by atoms with Crippen LogP contribution in [0.1, 0.15) is 12.8 Å². The van der Waals surface area contributed by atoms with E-state index in [-0.39, 0.29) is 24.4 Å². The summed E-state index contributed by atoms with van der Waals surface area (Å²) in [5.74, 6) is -7.53. The molecule has 11 heteroatoms. The van der Waals surface area contributed by atoms with E-state index in [1.165, 1.54) is 5.32 Å². The number of hydrogen-bond donors (Lipinski definition) is 3. The highest BCUT2D eigenvalue weighted by molar-refractivity contribution is 7.99. The van der Waals surface area contributed by atoms with Crippen LogP contribution in [-0.2, 0) is 19.2 Å². The molecule has 1 fully saturated rings. The molecule has 3 N–H and O–H groups in total. The normalized spacial score (nSPS) is 22.7. The van der Waals surface area contributed by atoms with E-state index < -0.39 is 47.7 Å². The molecule has 1 aliphatic carbocycles. The zero-order chi connectivity index (χ0) is 17.8. The van der Waals surface area contributed by atoms with Gasteiger partial charge in [0.1, 0.15) is 11.8 Å². The number of thioether (sulfide) groups is 1. The summed E-state index contributed by atoms with van der Waals surface area (Å²) in [6.45, 7) is 0. The summed E-state index contributed by atoms with van der Waals surface area (Å²) < 4.78 is 36.3. The zero-order valence-electron chi connectivity index (χ0n) is 11.6. The minimum Gasteiger partial charge on any atom is -0.481 e. The molecule has 1 saturated carbocycles. The van der Waals surface area contributed by atoms with E-state index in [0.29, 0.717) is 0 Å². The molecule has 0 aromatic rings. The molecule has 0 radical (unpaired) electrons. The highest BCUT2D eigenvalue weighted by Crippen LogP contribution is 2.31. The maximum Gasteiger partial charge on any atom is 0.471 e. The van der Waals surface area contributed by atoms with Crippen molar-refractivity contribution < 1.29 is 42.6 Å². The first-order valence-corrected chi connectivity index (χ1v) is 7.63. The number of carbonyl (C=O) groups excluding carboxylic acids is 2. The summed E-state index contributed by atoms with van der Waals surface area (Å²) in [4.78, 5) is 44.2. The molecule has 23 heavy (non-hydrogen) atoms. The lowest BCUT2D eigenvalue weighted by Gasteiger charge is -2.17. The first-order chi connectivity index (χ1) is 10.5. The molecule has 0 bridgehead atoms. The lowest BCUT2D eigenvalue weighted by molar-refractivity contribution is -0.175. The van der Waals surface area contributed by atoms with E-state index in [2.05, 4.69) is 0 Å². The van der Waals surface area contributed by atoms with Crippen LogP contribution in [0.3, 0.4) is 0 Å². The Hall–Kier alpha value is -1.78. The van der Waals surface area contributed by atoms with Crippen LogP contribution in [0.15, 0.2) is 0 Å². The van der Waals surface area contributed by atoms with Gasteiger partial charge in [0.15, 0.2) is 0 Å². The maximum atomic E-state index is 12.1. The summed E-state index contributed by atoms with van der Waals surface area (Å²) in [5.41, 5.74) is 0. The molecule has 0 aromatic heterocycles. The number of carbonyl (C=O) groups is 4. The van der Waals surface area contributed by atoms with Gasteiger partial charge < -0.3 is 15.5 Å². The molecule has 0 saturated heterocycles. The Morgan fingerprint density at radius 2 is 1.91 bits per heavy atom. The average molecular weight is 357 g/mol. The smallest absolute Gasteiger partial charge is 0.471 e. The molecular formula is C12H14F3NO6S. The molecular weight excluding hydrogens is 343 g/mol. The van der Waals surface area contributed by atoms with Gasteiger partial charge >= 0.3 is 24.0 Å². The number of alkyl halides is 3. The van der Waals surface area contributed by atoms with E-state index in [9.17, 15) is 32.3 Å². The van der Waals surface area contributed by atoms with Gasteiger partial charge in [-0.1, -0.05) is 0 Å². The number of aliphatic carboxylic acids is 2. The van der Waals surface area contributed by atoms with E-state index in [1.54, 1.807) is 0 Å². The van der Waals surface area contributed by atoms with Crippen molar-refractivity contribution in [3.05, 3.63) is 0 Å². The summed E-state index contributed by atoms with van der Waals surface area (Å²) in [7, 11) is 0. The Balaban J connectivity index is 2.56. The molecule has 0 heterocycles. The van der Waals surface area contributed by atoms with Crippen molar-refractivity contribution in [2.45, 2.75) is 25.1 Å². The summed E-state index contributed by atoms with van der Waals surface area (Å²) >= 11 is 0.817. The van der Waals surface area contributed by atoms with Crippen LogP contribution >= 0.6 is 11.8 Å². The predicted octanol–water partition coefficient (Wildman–Crippen LogP) is 0.531. The molecule has 1 rings (SSSR count). The number of halogens is 3. The van der Waals surface area contributed by atoms with Gasteiger partial charge in [-0.2, -0.15) is 24.9 Å². The van der Waals surface area contributed by atoms with Crippen molar-refractivity contribution in [2.24, 2.45) is 11.8 Å². The van der Waals surface area contributed by atoms with Gasteiger partial charge in [0, 0.05) is 23.8 Å². The number of hydrogen-bond acceptors (Lipinski definition) is 5. The van der Waals surface area contributed by atoms with E-state index in [0.717, 1.165) is 11.8 Å². The molecule has 1 aliphatic rings. The molecule has 1 amide bonds. The molecule has 0 aromatic carbocycles. The SMILES string of the molecule is O=C(O)[C@H](CSC[C@@H]1C(=O)CC[C@H]1C(=O)O)NC(=O)C(F)(F)F. The summed E-state index contributed by atoms with van der Waals surface area (Å²) in [6.07, 6.45) is -4.91. The third kappa shape index (κ3) is 5.41. The number of Topliss-reactive ketones (excluding diaryl/α,β-unsaturated/α-hetero) is 1. The van der Waals surface area contributed by atoms with Crippen molar-refractivity contribution in [1.29, 1.82) is 0 Å². The fourth-order valence-electron chi connectivity index (χ4n) is 2.14. The number of carboxylic acids is 2. The second-order valence-corrected chi connectivity index (χ2v) is 6.03. The molecule has 3 atom stereocenters. The molecule has 0 spiro atoms. The second-order valence-electron chi connectivity index (χ2n) is 4.96. The Labute approximate surface area is 132 Å². The van der Waals surface area contributed by atoms with Crippen LogP contribution in [0.4, 0.5) is 13.2 Å². The van der Waals surface area contributed by atoms with E-state index in [1.807, 2.05) is 0 Å². The van der Waals surface area contributed by atoms with Gasteiger partial charge in [-0.3, -0.25) is 14.4 Å². The average Bonchev–Trinajstić information content (AvgIpc) is 2.77. The van der Waals surface area contributed by atoms with Crippen LogP contribution in [0.5, 0.6) is 0 Å². The van der Waals surface area contributed by atoms with Crippen molar-refractivity contribution in [2.75, 3.05) is 11.5 Å². The summed E-state index contributed by atoms with van der Waals surface area (Å²) in [6, 6.07) is -1.78. The first kappa shape index (κ1) is 19.3. The highest BCUT2D eigenvalue weighted by Gasteiger charge is 2.42. The Kier molecular flexibility index (Phi) is 6.42. The lowest BCUT2D eigenvalue weighted by Crippen LogP contribution is -2.48. The Morgan fingerprint density at radius 1 is 1.30 bits per heavy atom. The molecule has 0 aliphatic heterocycles. The van der Waals surface area contributed by atoms with Crippen molar-refractivity contribution >= 4 is 35.4 Å². The number of rotatable bonds is 7. The van der Waals surface area contributed by atoms with Crippen LogP contribution in [0.25, 0.3) is 0 Å². The van der Waals surface area contributed by atoms with E-state index in [4.69, 9.17) is 10.2 Å². The molecule has 130 valence electrons. The first-order valence-electron chi connectivity index (χ1n) is 6.47. The van der Waals surface area contributed by atoms with Gasteiger partial charge in [0.05, 0.1) is 5.92 Å². The number of nitrogens with one attached hydrogen (secondary N) is 1. The van der Waals surface area contributed by atoms with Crippen LogP contribution in [-0.4, -0.2) is 57.6 Å². The quantitative estimate of drug-likeness (QED) is 0.608. The third-order valence-electron chi connectivity index (χ3n) is 3.36. The Bertz CT molecular complexity index is 510. The summed E-state index contributed by atoms with van der Waals surface area (Å²) in [5, 5.41) is 19.1. The third-order valence-corrected chi connectivity index (χ3v) is 4.52. The zero-order valence-corrected chi connectivity index (χ0v) is 12.4. The monoisotopic (exact) mass is 357 g/mol. The van der Waals surface area contributed by atoms with Crippen molar-refractivity contribution in [1.82, 2.24) is 5.32 Å². The highest BCUT2D eigenvalue weighted by atomic mass is 32.2. The minimum atomic E-state index is -5.20. The minimum absolute atomic E-state index is 0.0263. The van der Waals surface area contributed by atoms with Crippen LogP contribution < -0.4 is 5.32 Å². The lowest BCUT2D eigenvalue weighted by atomic mass is 9.98. The largest absolute Gasteiger partial charge is 0.481 e. The van der Waals surface area contributed by atoms with Crippen LogP contribution in [0.2, 0.25) is 0 Å². The van der Waals surface area contributed by atoms with Gasteiger partial charge in [0.25, 0.3) is 0 Å². The molecule has 0 unspecified atom stereocenters. The number of carboxylic acid groups (broad SMARTS) is 2. The predicted molar refractivity (Wildman–Crippen MR) is 71.8 cm³/mol.